The normalized spacial score (nSPS) is 15.8. The molecule has 0 spiro atoms. The second kappa shape index (κ2) is 51.5. The number of anilines is 3. The Bertz CT molecular complexity index is 6150. The van der Waals surface area contributed by atoms with Crippen molar-refractivity contribution in [1.29, 1.82) is 0 Å². The topological polar surface area (TPSA) is 336 Å². The third-order valence-corrected chi connectivity index (χ3v) is 26.2. The van der Waals surface area contributed by atoms with Gasteiger partial charge in [-0.1, -0.05) is 140 Å². The van der Waals surface area contributed by atoms with E-state index in [9.17, 15) is 62.6 Å². The van der Waals surface area contributed by atoms with Crippen LogP contribution < -0.4 is 52.6 Å². The number of amides is 5. The van der Waals surface area contributed by atoms with Crippen LogP contribution >= 0.6 is 0 Å². The molecular weight excluding hydrogens is 1760 g/mol. The molecule has 3 aliphatic rings. The van der Waals surface area contributed by atoms with Crippen LogP contribution in [0.4, 0.5) is 17.1 Å². The number of aliphatic carboxylic acids is 1. The molecule has 140 heavy (non-hydrogen) atoms. The lowest BCUT2D eigenvalue weighted by Crippen LogP contribution is -2.52. The average Bonchev–Trinajstić information content (AvgIpc) is 0.781. The van der Waals surface area contributed by atoms with Gasteiger partial charge in [0.2, 0.25) is 29.5 Å². The summed E-state index contributed by atoms with van der Waals surface area (Å²) in [6, 6.07) is 43.6. The zero-order chi connectivity index (χ0) is 102. The zero-order valence-electron chi connectivity index (χ0n) is 85.2. The summed E-state index contributed by atoms with van der Waals surface area (Å²) in [7, 11) is 0. The molecule has 9 heterocycles. The van der Waals surface area contributed by atoms with Crippen LogP contribution in [0.5, 0.6) is 0 Å². The molecule has 744 valence electrons. The summed E-state index contributed by atoms with van der Waals surface area (Å²) in [4.78, 5) is 174. The standard InChI is InChI=1S/C30H40N4O3.C29H34N2O3.C28H33N3O4.C27H38N4O3/c1-20(2)15-28(34-27-11-6-5-10-23(27)12-13-29(34)36)30(37)32-26(16-22(4)35)24-17-25(19-31-18-24)33-14-8-7-9-21(33)3;1-19(2)16-27(31-15-9-11-21(4)29(31)34)28(33)30-26(17-22(5)32)24-13-8-12-23(18-24)25-14-7-6-10-20(25)3;1-17(2)13-24(31-12-10-18(3)14-25(31)32)28(35)30-22(16-26(33)34)21-9-11-29-23(15-21)27-19(4)7-6-8-20(27)5;1-18(2)12-25(31-11-9-19(3)13-26(31)33)27(34)29-24(14-21(5)32)22-15-23(17-28-16-22)30-10-7-6-8-20(30)4/h5-6,10-11,17-21,26,28H,7-9,12-16H2,1-4H3,(H,32,37);6-15,18-19,26-27H,16-17H2,1-5H3,(H,30,33);6-12,14-15,17,22,24H,13,16H2,1-5H3,(H,30,35)(H,33,34);9,11,13,15-18,20,24-25H,6-8,10,12,14H2,1-5H3,(H,29,34)/t21-,26-,28?;26-,27+;22-,24+;20-,24+,25+/m0010/s1. The van der Waals surface area contributed by atoms with Gasteiger partial charge in [-0.2, -0.15) is 0 Å². The van der Waals surface area contributed by atoms with Gasteiger partial charge in [0.15, 0.2) is 0 Å². The third kappa shape index (κ3) is 30.6. The number of pyridine rings is 6. The number of nitrogens with one attached hydrogen (secondary N) is 4. The van der Waals surface area contributed by atoms with Gasteiger partial charge >= 0.3 is 5.97 Å². The number of fused-ring (bicyclic) bond motifs is 1. The van der Waals surface area contributed by atoms with E-state index in [0.29, 0.717) is 61.7 Å². The van der Waals surface area contributed by atoms with Crippen LogP contribution in [0, 0.1) is 65.2 Å². The van der Waals surface area contributed by atoms with Gasteiger partial charge in [-0.25, -0.2) is 0 Å². The van der Waals surface area contributed by atoms with Gasteiger partial charge in [0.1, 0.15) is 41.5 Å². The molecule has 0 radical (unpaired) electrons. The highest BCUT2D eigenvalue weighted by atomic mass is 16.4. The van der Waals surface area contributed by atoms with Crippen molar-refractivity contribution in [3.8, 4) is 22.4 Å². The van der Waals surface area contributed by atoms with Crippen molar-refractivity contribution in [2.24, 2.45) is 23.7 Å². The zero-order valence-corrected chi connectivity index (χ0v) is 85.2. The van der Waals surface area contributed by atoms with Gasteiger partial charge in [-0.15, -0.1) is 0 Å². The minimum Gasteiger partial charge on any atom is -0.481 e. The van der Waals surface area contributed by atoms with Crippen LogP contribution in [0.25, 0.3) is 22.4 Å². The molecule has 0 aliphatic carbocycles. The first kappa shape index (κ1) is 109. The Morgan fingerprint density at radius 3 is 1.31 bits per heavy atom. The fourth-order valence-corrected chi connectivity index (χ4v) is 19.0. The first-order valence-electron chi connectivity index (χ1n) is 49.6. The van der Waals surface area contributed by atoms with Crippen molar-refractivity contribution in [2.45, 2.75) is 295 Å². The summed E-state index contributed by atoms with van der Waals surface area (Å²) in [5.41, 5.74) is 15.8. The molecule has 26 nitrogen and oxygen atoms in total. The summed E-state index contributed by atoms with van der Waals surface area (Å²) >= 11 is 0. The number of aryl methyl sites for hydroxylation is 7. The Kier molecular flexibility index (Phi) is 40.0. The molecule has 5 N–H and O–H groups in total. The SMILES string of the molecule is CC(=O)C[C@@H](NC(=O)[C@@H](CC(C)C)n1ccc(C)cc1=O)c1cncc(N2CCCC[C@@H]2C)c1.CC(=O)C[C@H](NC(=O)C(CC(C)C)N1C(=O)CCc2ccccc21)c1cncc(N2CCCC[C@@H]2C)c1.CC(=O)C[C@H](NC(=O)[C@@H](CC(C)C)n1cccc(C)c1=O)c1cccc(-c2ccccc2C)c1.Cc1ccn([C@@H](CC(C)C)C(=O)N[C@H](CC(=O)O)c2ccnc(-c3c(C)cccc3C)c2)c(=O)c1. The first-order chi connectivity index (χ1) is 66.6. The van der Waals surface area contributed by atoms with Crippen LogP contribution in [0.2, 0.25) is 0 Å². The molecule has 6 aromatic heterocycles. The number of carbonyl (C=O) groups excluding carboxylic acids is 8. The van der Waals surface area contributed by atoms with Gasteiger partial charge in [0.05, 0.1) is 60.1 Å². The molecule has 4 aromatic carbocycles. The number of hydrogen-bond acceptors (Lipinski definition) is 17. The third-order valence-electron chi connectivity index (χ3n) is 26.2. The highest BCUT2D eigenvalue weighted by Gasteiger charge is 2.38. The van der Waals surface area contributed by atoms with Crippen molar-refractivity contribution in [1.82, 2.24) is 49.9 Å². The van der Waals surface area contributed by atoms with Gasteiger partial charge in [-0.05, 0) is 292 Å². The number of carbonyl (C=O) groups is 9. The Morgan fingerprint density at radius 2 is 0.843 bits per heavy atom. The summed E-state index contributed by atoms with van der Waals surface area (Å²) in [5.74, 6) is -1.49. The summed E-state index contributed by atoms with van der Waals surface area (Å²) in [6.07, 6.45) is 24.1. The Morgan fingerprint density at radius 1 is 0.414 bits per heavy atom. The van der Waals surface area contributed by atoms with E-state index in [1.807, 2.05) is 179 Å². The van der Waals surface area contributed by atoms with E-state index in [0.717, 1.165) is 128 Å². The van der Waals surface area contributed by atoms with Gasteiger partial charge in [0.25, 0.3) is 16.7 Å². The highest BCUT2D eigenvalue weighted by molar-refractivity contribution is 6.03. The molecule has 0 saturated carbocycles. The quantitative estimate of drug-likeness (QED) is 0.0243. The van der Waals surface area contributed by atoms with Crippen molar-refractivity contribution < 1.29 is 48.3 Å². The lowest BCUT2D eigenvalue weighted by Gasteiger charge is -2.37. The Hall–Kier alpha value is -13.4. The molecule has 1 unspecified atom stereocenters. The number of rotatable bonds is 36. The van der Waals surface area contributed by atoms with E-state index in [1.165, 1.54) is 46.5 Å². The molecule has 10 atom stereocenters. The molecule has 5 amide bonds. The van der Waals surface area contributed by atoms with Crippen LogP contribution in [0.1, 0.15) is 290 Å². The van der Waals surface area contributed by atoms with E-state index in [1.54, 1.807) is 86.3 Å². The Balaban J connectivity index is 0.000000192. The molecule has 13 rings (SSSR count). The van der Waals surface area contributed by atoms with E-state index < -0.39 is 54.3 Å². The lowest BCUT2D eigenvalue weighted by atomic mass is 9.94. The molecule has 26 heteroatoms. The van der Waals surface area contributed by atoms with Crippen LogP contribution in [-0.2, 0) is 49.6 Å². The van der Waals surface area contributed by atoms with E-state index in [2.05, 4.69) is 98.8 Å². The number of piperidine rings is 2. The van der Waals surface area contributed by atoms with Crippen LogP contribution in [0.15, 0.2) is 216 Å². The monoisotopic (exact) mass is 1900 g/mol. The summed E-state index contributed by atoms with van der Waals surface area (Å²) in [6.45, 7) is 38.7. The minimum absolute atomic E-state index is 0.0122. The van der Waals surface area contributed by atoms with E-state index >= 15 is 0 Å². The molecule has 0 bridgehead atoms. The van der Waals surface area contributed by atoms with Gasteiger partial charge < -0.3 is 49.9 Å². The van der Waals surface area contributed by atoms with Gasteiger partial charge in [-0.3, -0.25) is 77.4 Å². The number of para-hydroxylation sites is 1. The number of carboxylic acid groups (broad SMARTS) is 1. The predicted molar refractivity (Wildman–Crippen MR) is 555 cm³/mol. The molecule has 2 saturated heterocycles. The van der Waals surface area contributed by atoms with Crippen LogP contribution in [-0.4, -0.2) is 118 Å². The number of ketones is 3. The second-order valence-corrected chi connectivity index (χ2v) is 40.0. The molecule has 3 aliphatic heterocycles. The number of aromatic nitrogens is 6. The average molecular weight is 1910 g/mol. The van der Waals surface area contributed by atoms with Crippen molar-refractivity contribution in [3.05, 3.63) is 293 Å². The summed E-state index contributed by atoms with van der Waals surface area (Å²) < 4.78 is 4.44. The molecular formula is C114H145N13O13. The minimum atomic E-state index is -1.03. The lowest BCUT2D eigenvalue weighted by molar-refractivity contribution is -0.138. The predicted octanol–water partition coefficient (Wildman–Crippen LogP) is 19.7. The van der Waals surface area contributed by atoms with Crippen molar-refractivity contribution in [2.75, 3.05) is 27.8 Å². The number of nitrogens with zero attached hydrogens (tertiary/aromatic N) is 9. The first-order valence-corrected chi connectivity index (χ1v) is 49.6. The molecule has 10 aromatic rings. The smallest absolute Gasteiger partial charge is 0.305 e. The highest BCUT2D eigenvalue weighted by Crippen LogP contribution is 2.37. The van der Waals surface area contributed by atoms with Crippen molar-refractivity contribution in [3.63, 3.8) is 0 Å². The summed E-state index contributed by atoms with van der Waals surface area (Å²) in [5, 5.41) is 21.8. The maximum absolute atomic E-state index is 13.9. The number of Topliss-reactive ketones (excluding diaryl/α,β-unsaturated/α-hetero) is 3. The van der Waals surface area contributed by atoms with Crippen molar-refractivity contribution >= 4 is 69.9 Å². The second-order valence-electron chi connectivity index (χ2n) is 40.0. The van der Waals surface area contributed by atoms with Crippen LogP contribution in [0.3, 0.4) is 0 Å². The molecule has 2 fully saturated rings. The number of hydrogen-bond donors (Lipinski definition) is 5. The Labute approximate surface area is 825 Å². The fraction of sp³-hybridized carbons (Fsp3) is 0.447. The maximum Gasteiger partial charge on any atom is 0.305 e. The number of carboxylic acids is 1. The largest absolute Gasteiger partial charge is 0.481 e. The van der Waals surface area contributed by atoms with E-state index in [-0.39, 0.29) is 113 Å². The van der Waals surface area contributed by atoms with E-state index in [4.69, 9.17) is 0 Å². The van der Waals surface area contributed by atoms with Gasteiger partial charge in [0, 0.05) is 117 Å². The number of benzene rings is 4. The maximum atomic E-state index is 13.9. The fourth-order valence-electron chi connectivity index (χ4n) is 19.0.